The SMILES string of the molecule is CN(C)CCn1c(Cn2c(=O)n(Cc3ccc(C(N)=NO)cc3)c3ccccc32)nc2ccccc21. The molecule has 0 unspecified atom stereocenters. The van der Waals surface area contributed by atoms with Crippen LogP contribution in [0.15, 0.2) is 82.7 Å². The maximum Gasteiger partial charge on any atom is 0.329 e. The van der Waals surface area contributed by atoms with E-state index in [1.807, 2.05) is 68.7 Å². The maximum absolute atomic E-state index is 13.7. The second kappa shape index (κ2) is 9.71. The molecule has 2 aromatic heterocycles. The molecule has 3 N–H and O–H groups in total. The molecule has 184 valence electrons. The van der Waals surface area contributed by atoms with E-state index in [4.69, 9.17) is 15.9 Å². The van der Waals surface area contributed by atoms with E-state index in [2.05, 4.69) is 20.7 Å². The monoisotopic (exact) mass is 483 g/mol. The zero-order valence-corrected chi connectivity index (χ0v) is 20.4. The van der Waals surface area contributed by atoms with Gasteiger partial charge in [-0.3, -0.25) is 9.13 Å². The van der Waals surface area contributed by atoms with Crippen molar-refractivity contribution in [2.24, 2.45) is 10.9 Å². The minimum atomic E-state index is -0.0945. The lowest BCUT2D eigenvalue weighted by Crippen LogP contribution is -2.27. The summed E-state index contributed by atoms with van der Waals surface area (Å²) in [5.74, 6) is 0.902. The fraction of sp³-hybridized carbons (Fsp3) is 0.222. The molecule has 0 atom stereocenters. The summed E-state index contributed by atoms with van der Waals surface area (Å²) in [6.07, 6.45) is 0. The fourth-order valence-electron chi connectivity index (χ4n) is 4.54. The summed E-state index contributed by atoms with van der Waals surface area (Å²) in [5.41, 5.74) is 10.9. The molecule has 5 aromatic rings. The summed E-state index contributed by atoms with van der Waals surface area (Å²) in [6, 6.07) is 23.2. The number of nitrogens with two attached hydrogens (primary N) is 1. The number of likely N-dealkylation sites (N-methyl/N-ethyl adjacent to an activating group) is 1. The van der Waals surface area contributed by atoms with Crippen LogP contribution in [0.2, 0.25) is 0 Å². The van der Waals surface area contributed by atoms with Gasteiger partial charge in [-0.2, -0.15) is 0 Å². The molecule has 0 amide bonds. The Morgan fingerprint density at radius 2 is 1.50 bits per heavy atom. The summed E-state index contributed by atoms with van der Waals surface area (Å²) in [4.78, 5) is 20.8. The number of imidazole rings is 2. The minimum Gasteiger partial charge on any atom is -0.409 e. The molecule has 3 aromatic carbocycles. The predicted octanol–water partition coefficient (Wildman–Crippen LogP) is 2.91. The molecule has 36 heavy (non-hydrogen) atoms. The van der Waals surface area contributed by atoms with Gasteiger partial charge in [-0.1, -0.05) is 53.7 Å². The maximum atomic E-state index is 13.7. The van der Waals surface area contributed by atoms with Gasteiger partial charge in [0.25, 0.3) is 0 Å². The first-order valence-electron chi connectivity index (χ1n) is 11.8. The first kappa shape index (κ1) is 23.4. The number of nitrogens with zero attached hydrogens (tertiary/aromatic N) is 6. The molecule has 2 heterocycles. The van der Waals surface area contributed by atoms with Gasteiger partial charge in [0.15, 0.2) is 5.84 Å². The van der Waals surface area contributed by atoms with Crippen LogP contribution in [-0.4, -0.2) is 55.3 Å². The molecule has 0 aliphatic heterocycles. The summed E-state index contributed by atoms with van der Waals surface area (Å²) in [7, 11) is 4.10. The van der Waals surface area contributed by atoms with Gasteiger partial charge < -0.3 is 20.4 Å². The molecule has 0 bridgehead atoms. The van der Waals surface area contributed by atoms with Gasteiger partial charge in [0.1, 0.15) is 5.82 Å². The van der Waals surface area contributed by atoms with Crippen molar-refractivity contribution in [2.75, 3.05) is 20.6 Å². The summed E-state index contributed by atoms with van der Waals surface area (Å²) >= 11 is 0. The van der Waals surface area contributed by atoms with Gasteiger partial charge >= 0.3 is 5.69 Å². The van der Waals surface area contributed by atoms with Gasteiger partial charge in [0, 0.05) is 18.7 Å². The molecule has 0 aliphatic carbocycles. The Morgan fingerprint density at radius 3 is 2.14 bits per heavy atom. The van der Waals surface area contributed by atoms with Crippen LogP contribution in [0.4, 0.5) is 0 Å². The Bertz CT molecular complexity index is 1610. The van der Waals surface area contributed by atoms with E-state index in [0.717, 1.165) is 46.5 Å². The van der Waals surface area contributed by atoms with E-state index < -0.39 is 0 Å². The molecule has 9 heteroatoms. The van der Waals surface area contributed by atoms with Crippen molar-refractivity contribution < 1.29 is 5.21 Å². The van der Waals surface area contributed by atoms with Gasteiger partial charge in [0.2, 0.25) is 0 Å². The fourth-order valence-corrected chi connectivity index (χ4v) is 4.54. The first-order chi connectivity index (χ1) is 17.5. The standard InChI is InChI=1S/C27H29N7O2/c1-31(2)15-16-32-22-8-4-3-7-21(22)29-25(32)18-34-24-10-6-5-9-23(24)33(27(34)35)17-19-11-13-20(14-12-19)26(28)30-36/h3-14,36H,15-18H2,1-2H3,(H2,28,30). The molecular formula is C27H29N7O2. The van der Waals surface area contributed by atoms with Gasteiger partial charge in [-0.05, 0) is 43.9 Å². The zero-order chi connectivity index (χ0) is 25.2. The number of hydrogen-bond acceptors (Lipinski definition) is 5. The van der Waals surface area contributed by atoms with Crippen molar-refractivity contribution in [3.05, 3.63) is 100 Å². The van der Waals surface area contributed by atoms with Crippen molar-refractivity contribution in [1.82, 2.24) is 23.6 Å². The lowest BCUT2D eigenvalue weighted by atomic mass is 10.1. The average molecular weight is 484 g/mol. The lowest BCUT2D eigenvalue weighted by Gasteiger charge is -2.13. The van der Waals surface area contributed by atoms with Gasteiger partial charge in [-0.25, -0.2) is 9.78 Å². The van der Waals surface area contributed by atoms with Crippen LogP contribution in [0.3, 0.4) is 0 Å². The highest BCUT2D eigenvalue weighted by molar-refractivity contribution is 5.97. The zero-order valence-electron chi connectivity index (χ0n) is 20.4. The van der Waals surface area contributed by atoms with Crippen LogP contribution >= 0.6 is 0 Å². The third-order valence-corrected chi connectivity index (χ3v) is 6.43. The van der Waals surface area contributed by atoms with Crippen molar-refractivity contribution >= 4 is 27.9 Å². The second-order valence-corrected chi connectivity index (χ2v) is 9.10. The Morgan fingerprint density at radius 1 is 0.889 bits per heavy atom. The van der Waals surface area contributed by atoms with Crippen LogP contribution in [0.25, 0.3) is 22.1 Å². The number of oxime groups is 1. The van der Waals surface area contributed by atoms with E-state index in [0.29, 0.717) is 18.7 Å². The molecule has 9 nitrogen and oxygen atoms in total. The molecular weight excluding hydrogens is 454 g/mol. The van der Waals surface area contributed by atoms with Crippen LogP contribution in [-0.2, 0) is 19.6 Å². The highest BCUT2D eigenvalue weighted by Gasteiger charge is 2.17. The third kappa shape index (κ3) is 4.36. The minimum absolute atomic E-state index is 0.0486. The number of aromatic nitrogens is 4. The summed E-state index contributed by atoms with van der Waals surface area (Å²) < 4.78 is 5.79. The van der Waals surface area contributed by atoms with Gasteiger partial charge in [0.05, 0.1) is 35.2 Å². The highest BCUT2D eigenvalue weighted by Crippen LogP contribution is 2.20. The third-order valence-electron chi connectivity index (χ3n) is 6.43. The Balaban J connectivity index is 1.55. The predicted molar refractivity (Wildman–Crippen MR) is 142 cm³/mol. The first-order valence-corrected chi connectivity index (χ1v) is 11.8. The lowest BCUT2D eigenvalue weighted by molar-refractivity contribution is 0.318. The van der Waals surface area contributed by atoms with E-state index in [9.17, 15) is 4.79 Å². The molecule has 0 fully saturated rings. The number of benzene rings is 3. The number of hydrogen-bond donors (Lipinski definition) is 2. The van der Waals surface area contributed by atoms with Crippen molar-refractivity contribution in [3.8, 4) is 0 Å². The topological polar surface area (TPSA) is 107 Å². The van der Waals surface area contributed by atoms with Crippen molar-refractivity contribution in [2.45, 2.75) is 19.6 Å². The normalized spacial score (nSPS) is 12.2. The molecule has 0 saturated carbocycles. The summed E-state index contributed by atoms with van der Waals surface area (Å²) in [5, 5.41) is 11.9. The second-order valence-electron chi connectivity index (χ2n) is 9.10. The van der Waals surface area contributed by atoms with E-state index in [1.165, 1.54) is 0 Å². The van der Waals surface area contributed by atoms with E-state index >= 15 is 0 Å². The number of rotatable bonds is 8. The highest BCUT2D eigenvalue weighted by atomic mass is 16.4. The van der Waals surface area contributed by atoms with Crippen LogP contribution in [0, 0.1) is 0 Å². The van der Waals surface area contributed by atoms with Crippen molar-refractivity contribution in [1.29, 1.82) is 0 Å². The molecule has 0 spiro atoms. The Kier molecular flexibility index (Phi) is 6.30. The number of amidine groups is 1. The quantitative estimate of drug-likeness (QED) is 0.153. The van der Waals surface area contributed by atoms with Crippen LogP contribution in [0.5, 0.6) is 0 Å². The Labute approximate surface area is 208 Å². The van der Waals surface area contributed by atoms with Crippen LogP contribution < -0.4 is 11.4 Å². The summed E-state index contributed by atoms with van der Waals surface area (Å²) in [6.45, 7) is 2.42. The average Bonchev–Trinajstić information content (AvgIpc) is 3.37. The molecule has 0 aliphatic rings. The van der Waals surface area contributed by atoms with E-state index in [1.54, 1.807) is 21.3 Å². The largest absolute Gasteiger partial charge is 0.409 e. The van der Waals surface area contributed by atoms with Crippen LogP contribution in [0.1, 0.15) is 17.0 Å². The van der Waals surface area contributed by atoms with Crippen molar-refractivity contribution in [3.63, 3.8) is 0 Å². The number of para-hydroxylation sites is 4. The smallest absolute Gasteiger partial charge is 0.329 e. The van der Waals surface area contributed by atoms with Gasteiger partial charge in [-0.15, -0.1) is 0 Å². The molecule has 0 radical (unpaired) electrons. The Hall–Kier alpha value is -4.37. The molecule has 0 saturated heterocycles. The van der Waals surface area contributed by atoms with E-state index in [-0.39, 0.29) is 11.5 Å². The number of fused-ring (bicyclic) bond motifs is 2. The molecule has 5 rings (SSSR count).